The lowest BCUT2D eigenvalue weighted by Gasteiger charge is -2.43. The second-order valence-corrected chi connectivity index (χ2v) is 6.59. The first-order valence-electron chi connectivity index (χ1n) is 8.34. The number of carbonyl (C=O) groups excluding carboxylic acids is 1. The molecule has 2 amide bonds. The molecule has 0 bridgehead atoms. The average Bonchev–Trinajstić information content (AvgIpc) is 2.47. The summed E-state index contributed by atoms with van der Waals surface area (Å²) in [6, 6.07) is -0.400. The van der Waals surface area contributed by atoms with Gasteiger partial charge in [0, 0.05) is 19.1 Å². The zero-order chi connectivity index (χ0) is 15.4. The topological polar surface area (TPSA) is 60.9 Å². The van der Waals surface area contributed by atoms with Gasteiger partial charge in [-0.25, -0.2) is 9.59 Å². The summed E-state index contributed by atoms with van der Waals surface area (Å²) < 4.78 is 0. The second kappa shape index (κ2) is 7.14. The van der Waals surface area contributed by atoms with Gasteiger partial charge in [-0.05, 0) is 44.4 Å². The van der Waals surface area contributed by atoms with Crippen molar-refractivity contribution >= 4 is 12.0 Å². The quantitative estimate of drug-likeness (QED) is 0.871. The van der Waals surface area contributed by atoms with Crippen LogP contribution in [-0.2, 0) is 4.79 Å². The number of carbonyl (C=O) groups is 2. The molecule has 2 fully saturated rings. The van der Waals surface area contributed by atoms with Crippen LogP contribution in [0.5, 0.6) is 0 Å². The van der Waals surface area contributed by atoms with E-state index in [1.807, 2.05) is 4.90 Å². The van der Waals surface area contributed by atoms with Gasteiger partial charge in [-0.3, -0.25) is 0 Å². The van der Waals surface area contributed by atoms with Crippen LogP contribution in [0.15, 0.2) is 0 Å². The third kappa shape index (κ3) is 3.69. The normalized spacial score (nSPS) is 30.3. The van der Waals surface area contributed by atoms with E-state index < -0.39 is 12.0 Å². The standard InChI is InChI=1S/C16H28N2O3/c1-3-6-13-7-4-5-9-17(13)16(21)18-10-8-12(2)11-14(18)15(19)20/h12-14H,3-11H2,1-2H3,(H,19,20). The third-order valence-corrected chi connectivity index (χ3v) is 4.89. The molecule has 0 aliphatic carbocycles. The van der Waals surface area contributed by atoms with Crippen LogP contribution in [0.4, 0.5) is 4.79 Å². The molecular formula is C16H28N2O3. The van der Waals surface area contributed by atoms with Gasteiger partial charge in [0.2, 0.25) is 0 Å². The van der Waals surface area contributed by atoms with E-state index in [-0.39, 0.29) is 6.03 Å². The molecule has 2 aliphatic heterocycles. The summed E-state index contributed by atoms with van der Waals surface area (Å²) in [5, 5.41) is 9.43. The number of nitrogens with zero attached hydrogens (tertiary/aromatic N) is 2. The number of hydrogen-bond donors (Lipinski definition) is 1. The SMILES string of the molecule is CCCC1CCCCN1C(=O)N1CCC(C)CC1C(=O)O. The second-order valence-electron chi connectivity index (χ2n) is 6.59. The fourth-order valence-corrected chi connectivity index (χ4v) is 3.66. The number of carboxylic acid groups (broad SMARTS) is 1. The molecule has 2 rings (SSSR count). The Kier molecular flexibility index (Phi) is 5.48. The Labute approximate surface area is 127 Å². The van der Waals surface area contributed by atoms with E-state index in [1.165, 1.54) is 6.42 Å². The Morgan fingerprint density at radius 1 is 1.14 bits per heavy atom. The number of aliphatic carboxylic acids is 1. The molecule has 5 nitrogen and oxygen atoms in total. The zero-order valence-corrected chi connectivity index (χ0v) is 13.3. The molecule has 0 radical (unpaired) electrons. The summed E-state index contributed by atoms with van der Waals surface area (Å²) in [7, 11) is 0. The summed E-state index contributed by atoms with van der Waals surface area (Å²) >= 11 is 0. The molecule has 5 heteroatoms. The molecule has 1 N–H and O–H groups in total. The molecule has 0 saturated carbocycles. The molecule has 0 aromatic rings. The van der Waals surface area contributed by atoms with Gasteiger partial charge in [-0.2, -0.15) is 0 Å². The summed E-state index contributed by atoms with van der Waals surface area (Å²) in [5.74, 6) is -0.484. The van der Waals surface area contributed by atoms with Crippen molar-refractivity contribution in [2.75, 3.05) is 13.1 Å². The highest BCUT2D eigenvalue weighted by molar-refractivity contribution is 5.83. The number of amides is 2. The van der Waals surface area contributed by atoms with E-state index in [9.17, 15) is 14.7 Å². The summed E-state index contributed by atoms with van der Waals surface area (Å²) in [6.45, 7) is 5.56. The maximum Gasteiger partial charge on any atom is 0.326 e. The maximum atomic E-state index is 12.8. The van der Waals surface area contributed by atoms with Crippen molar-refractivity contribution in [3.63, 3.8) is 0 Å². The Hall–Kier alpha value is -1.26. The van der Waals surface area contributed by atoms with E-state index in [4.69, 9.17) is 0 Å². The highest BCUT2D eigenvalue weighted by atomic mass is 16.4. The number of carboxylic acids is 1. The summed E-state index contributed by atoms with van der Waals surface area (Å²) in [5.41, 5.74) is 0. The highest BCUT2D eigenvalue weighted by Crippen LogP contribution is 2.27. The van der Waals surface area contributed by atoms with Crippen molar-refractivity contribution in [2.24, 2.45) is 5.92 Å². The fourth-order valence-electron chi connectivity index (χ4n) is 3.66. The minimum absolute atomic E-state index is 0.0487. The van der Waals surface area contributed by atoms with Crippen molar-refractivity contribution in [1.82, 2.24) is 9.80 Å². The monoisotopic (exact) mass is 296 g/mol. The molecule has 0 aromatic carbocycles. The van der Waals surface area contributed by atoms with Crippen molar-refractivity contribution in [2.45, 2.75) is 70.9 Å². The van der Waals surface area contributed by atoms with Gasteiger partial charge in [-0.1, -0.05) is 20.3 Å². The number of rotatable bonds is 3. The molecule has 2 saturated heterocycles. The van der Waals surface area contributed by atoms with Crippen LogP contribution in [0.3, 0.4) is 0 Å². The Balaban J connectivity index is 2.10. The van der Waals surface area contributed by atoms with Crippen LogP contribution in [0.25, 0.3) is 0 Å². The zero-order valence-electron chi connectivity index (χ0n) is 13.3. The summed E-state index contributed by atoms with van der Waals surface area (Å²) in [4.78, 5) is 27.9. The van der Waals surface area contributed by atoms with Crippen LogP contribution in [0, 0.1) is 5.92 Å². The lowest BCUT2D eigenvalue weighted by molar-refractivity contribution is -0.144. The first kappa shape index (κ1) is 16.1. The first-order valence-corrected chi connectivity index (χ1v) is 8.34. The predicted molar refractivity (Wildman–Crippen MR) is 81.2 cm³/mol. The largest absolute Gasteiger partial charge is 0.480 e. The van der Waals surface area contributed by atoms with Crippen molar-refractivity contribution in [1.29, 1.82) is 0 Å². The number of piperidine rings is 2. The van der Waals surface area contributed by atoms with E-state index in [1.54, 1.807) is 4.90 Å². The lowest BCUT2D eigenvalue weighted by Crippen LogP contribution is -2.57. The molecule has 0 aromatic heterocycles. The van der Waals surface area contributed by atoms with E-state index >= 15 is 0 Å². The van der Waals surface area contributed by atoms with Crippen molar-refractivity contribution in [3.05, 3.63) is 0 Å². The van der Waals surface area contributed by atoms with Crippen LogP contribution < -0.4 is 0 Å². The van der Waals surface area contributed by atoms with Gasteiger partial charge >= 0.3 is 12.0 Å². The molecule has 3 unspecified atom stereocenters. The van der Waals surface area contributed by atoms with Crippen molar-refractivity contribution < 1.29 is 14.7 Å². The molecule has 120 valence electrons. The smallest absolute Gasteiger partial charge is 0.326 e. The fraction of sp³-hybridized carbons (Fsp3) is 0.875. The van der Waals surface area contributed by atoms with E-state index in [2.05, 4.69) is 13.8 Å². The average molecular weight is 296 g/mol. The van der Waals surface area contributed by atoms with E-state index in [0.717, 1.165) is 38.6 Å². The van der Waals surface area contributed by atoms with Crippen LogP contribution in [0.2, 0.25) is 0 Å². The Bertz CT molecular complexity index is 384. The maximum absolute atomic E-state index is 12.8. The van der Waals surface area contributed by atoms with Gasteiger partial charge in [0.25, 0.3) is 0 Å². The van der Waals surface area contributed by atoms with Gasteiger partial charge in [-0.15, -0.1) is 0 Å². The predicted octanol–water partition coefficient (Wildman–Crippen LogP) is 2.95. The van der Waals surface area contributed by atoms with Gasteiger partial charge in [0.15, 0.2) is 0 Å². The Morgan fingerprint density at radius 3 is 2.57 bits per heavy atom. The van der Waals surface area contributed by atoms with Gasteiger partial charge in [0.1, 0.15) is 6.04 Å². The molecule has 2 heterocycles. The van der Waals surface area contributed by atoms with Crippen LogP contribution >= 0.6 is 0 Å². The Morgan fingerprint density at radius 2 is 1.90 bits per heavy atom. The highest BCUT2D eigenvalue weighted by Gasteiger charge is 2.38. The van der Waals surface area contributed by atoms with Crippen LogP contribution in [-0.4, -0.2) is 52.1 Å². The number of urea groups is 1. The molecule has 2 aliphatic rings. The number of hydrogen-bond acceptors (Lipinski definition) is 2. The molecule has 21 heavy (non-hydrogen) atoms. The van der Waals surface area contributed by atoms with Gasteiger partial charge in [0.05, 0.1) is 0 Å². The first-order chi connectivity index (χ1) is 10.0. The molecular weight excluding hydrogens is 268 g/mol. The minimum atomic E-state index is -0.862. The van der Waals surface area contributed by atoms with Crippen molar-refractivity contribution in [3.8, 4) is 0 Å². The number of likely N-dealkylation sites (tertiary alicyclic amines) is 2. The molecule has 0 spiro atoms. The van der Waals surface area contributed by atoms with Gasteiger partial charge < -0.3 is 14.9 Å². The minimum Gasteiger partial charge on any atom is -0.480 e. The summed E-state index contributed by atoms with van der Waals surface area (Å²) in [6.07, 6.45) is 6.83. The molecule has 3 atom stereocenters. The lowest BCUT2D eigenvalue weighted by atomic mass is 9.92. The van der Waals surface area contributed by atoms with E-state index in [0.29, 0.717) is 24.9 Å². The third-order valence-electron chi connectivity index (χ3n) is 4.89. The van der Waals surface area contributed by atoms with Crippen LogP contribution in [0.1, 0.15) is 58.8 Å².